The van der Waals surface area contributed by atoms with E-state index in [1.54, 1.807) is 0 Å². The Morgan fingerprint density at radius 3 is 2.26 bits per heavy atom. The van der Waals surface area contributed by atoms with Crippen LogP contribution in [-0.2, 0) is 15.1 Å². The van der Waals surface area contributed by atoms with Crippen LogP contribution in [0, 0.1) is 5.92 Å². The number of imide groups is 1. The topological polar surface area (TPSA) is 73.0 Å². The molecule has 3 saturated heterocycles. The van der Waals surface area contributed by atoms with Crippen LogP contribution in [0.2, 0.25) is 0 Å². The molecule has 4 amide bonds. The molecule has 1 N–H and O–H groups in total. The predicted molar refractivity (Wildman–Crippen MR) is 118 cm³/mol. The molecular formula is C24H34N4O3. The molecule has 1 atom stereocenters. The normalized spacial score (nSPS) is 26.1. The molecule has 31 heavy (non-hydrogen) atoms. The van der Waals surface area contributed by atoms with Crippen LogP contribution in [0.1, 0.15) is 57.4 Å². The molecule has 4 rings (SSSR count). The van der Waals surface area contributed by atoms with E-state index in [4.69, 9.17) is 0 Å². The Kier molecular flexibility index (Phi) is 6.60. The number of urea groups is 1. The number of nitrogens with zero attached hydrogens (tertiary/aromatic N) is 3. The molecule has 1 aromatic carbocycles. The first-order valence-corrected chi connectivity index (χ1v) is 11.8. The third kappa shape index (κ3) is 4.33. The van der Waals surface area contributed by atoms with Crippen molar-refractivity contribution in [3.63, 3.8) is 0 Å². The summed E-state index contributed by atoms with van der Waals surface area (Å²) in [6.45, 7) is 5.44. The Hall–Kier alpha value is -2.41. The van der Waals surface area contributed by atoms with E-state index < -0.39 is 5.54 Å². The molecule has 0 saturated carbocycles. The van der Waals surface area contributed by atoms with E-state index in [1.807, 2.05) is 37.3 Å². The van der Waals surface area contributed by atoms with E-state index in [-0.39, 0.29) is 24.5 Å². The second kappa shape index (κ2) is 9.39. The maximum atomic E-state index is 13.3. The van der Waals surface area contributed by atoms with Gasteiger partial charge in [-0.25, -0.2) is 9.69 Å². The van der Waals surface area contributed by atoms with Gasteiger partial charge >= 0.3 is 6.03 Å². The molecule has 3 heterocycles. The van der Waals surface area contributed by atoms with E-state index in [1.165, 1.54) is 17.7 Å². The lowest BCUT2D eigenvalue weighted by Gasteiger charge is -2.35. The molecule has 0 aliphatic carbocycles. The minimum Gasteiger partial charge on any atom is -0.342 e. The van der Waals surface area contributed by atoms with Crippen LogP contribution in [0.4, 0.5) is 4.79 Å². The second-order valence-electron chi connectivity index (χ2n) is 9.06. The lowest BCUT2D eigenvalue weighted by molar-refractivity contribution is -0.138. The fourth-order valence-corrected chi connectivity index (χ4v) is 5.19. The molecule has 168 valence electrons. The average molecular weight is 427 g/mol. The average Bonchev–Trinajstić information content (AvgIpc) is 2.99. The number of amides is 4. The Bertz CT molecular complexity index is 798. The van der Waals surface area contributed by atoms with Crippen molar-refractivity contribution < 1.29 is 14.4 Å². The molecule has 3 aliphatic rings. The summed E-state index contributed by atoms with van der Waals surface area (Å²) in [6.07, 6.45) is 6.74. The van der Waals surface area contributed by atoms with Gasteiger partial charge in [0.15, 0.2) is 0 Å². The van der Waals surface area contributed by atoms with Gasteiger partial charge in [0.25, 0.3) is 5.91 Å². The zero-order chi connectivity index (χ0) is 21.8. The molecule has 7 heteroatoms. The largest absolute Gasteiger partial charge is 0.342 e. The van der Waals surface area contributed by atoms with Crippen LogP contribution in [0.25, 0.3) is 0 Å². The third-order valence-corrected chi connectivity index (χ3v) is 7.17. The number of rotatable bonds is 5. The summed E-state index contributed by atoms with van der Waals surface area (Å²) in [5.41, 5.74) is -0.167. The van der Waals surface area contributed by atoms with Crippen molar-refractivity contribution >= 4 is 17.8 Å². The smallest absolute Gasteiger partial charge is 0.326 e. The zero-order valence-corrected chi connectivity index (χ0v) is 18.5. The summed E-state index contributed by atoms with van der Waals surface area (Å²) in [5.74, 6) is 0.177. The van der Waals surface area contributed by atoms with Gasteiger partial charge in [0.05, 0.1) is 6.67 Å². The number of likely N-dealkylation sites (tertiary alicyclic amines) is 2. The highest BCUT2D eigenvalue weighted by Crippen LogP contribution is 2.33. The van der Waals surface area contributed by atoms with E-state index >= 15 is 0 Å². The summed E-state index contributed by atoms with van der Waals surface area (Å²) in [7, 11) is 0. The van der Waals surface area contributed by atoms with Gasteiger partial charge in [-0.15, -0.1) is 0 Å². The first-order chi connectivity index (χ1) is 15.0. The minimum atomic E-state index is -0.987. The van der Waals surface area contributed by atoms with Crippen molar-refractivity contribution in [2.75, 3.05) is 32.8 Å². The van der Waals surface area contributed by atoms with Crippen molar-refractivity contribution in [2.24, 2.45) is 5.92 Å². The summed E-state index contributed by atoms with van der Waals surface area (Å²) in [5, 5.41) is 2.95. The zero-order valence-electron chi connectivity index (χ0n) is 18.5. The van der Waals surface area contributed by atoms with Crippen LogP contribution < -0.4 is 5.32 Å². The van der Waals surface area contributed by atoms with Gasteiger partial charge in [0.1, 0.15) is 5.54 Å². The molecule has 7 nitrogen and oxygen atoms in total. The maximum Gasteiger partial charge on any atom is 0.326 e. The quantitative estimate of drug-likeness (QED) is 0.735. The third-order valence-electron chi connectivity index (χ3n) is 7.17. The van der Waals surface area contributed by atoms with Gasteiger partial charge in [-0.2, -0.15) is 0 Å². The van der Waals surface area contributed by atoms with Gasteiger partial charge in [-0.05, 0) is 37.7 Å². The standard InChI is InChI=1S/C24H34N4O3/c1-2-24(20-10-6-5-7-11-20)22(30)28(23(31)25-24)18-26-16-12-19(13-17-26)21(29)27-14-8-3-4-9-15-27/h5-7,10-11,19H,2-4,8-9,12-18H2,1H3,(H,25,31)/t24-/m0/s1. The van der Waals surface area contributed by atoms with Crippen molar-refractivity contribution in [2.45, 2.75) is 57.4 Å². The highest BCUT2D eigenvalue weighted by Gasteiger charge is 2.51. The molecule has 0 spiro atoms. The number of carbonyl (C=O) groups is 3. The van der Waals surface area contributed by atoms with Crippen molar-refractivity contribution in [1.82, 2.24) is 20.0 Å². The van der Waals surface area contributed by atoms with E-state index in [9.17, 15) is 14.4 Å². The molecular weight excluding hydrogens is 392 g/mol. The Labute approximate surface area is 184 Å². The van der Waals surface area contributed by atoms with E-state index in [0.717, 1.165) is 57.4 Å². The van der Waals surface area contributed by atoms with E-state index in [0.29, 0.717) is 12.3 Å². The van der Waals surface area contributed by atoms with Crippen LogP contribution in [0.15, 0.2) is 30.3 Å². The van der Waals surface area contributed by atoms with Crippen molar-refractivity contribution in [3.8, 4) is 0 Å². The molecule has 0 radical (unpaired) electrons. The molecule has 3 fully saturated rings. The summed E-state index contributed by atoms with van der Waals surface area (Å²) in [6, 6.07) is 9.14. The Morgan fingerprint density at radius 1 is 1.00 bits per heavy atom. The number of benzene rings is 1. The Balaban J connectivity index is 1.36. The molecule has 0 aromatic heterocycles. The lowest BCUT2D eigenvalue weighted by Crippen LogP contribution is -2.48. The van der Waals surface area contributed by atoms with Gasteiger partial charge in [-0.3, -0.25) is 14.5 Å². The monoisotopic (exact) mass is 426 g/mol. The van der Waals surface area contributed by atoms with Gasteiger partial charge in [0.2, 0.25) is 5.91 Å². The first kappa shape index (κ1) is 21.8. The van der Waals surface area contributed by atoms with Crippen molar-refractivity contribution in [3.05, 3.63) is 35.9 Å². The van der Waals surface area contributed by atoms with Crippen LogP contribution >= 0.6 is 0 Å². The van der Waals surface area contributed by atoms with Gasteiger partial charge in [0, 0.05) is 32.1 Å². The highest BCUT2D eigenvalue weighted by molar-refractivity contribution is 6.07. The maximum absolute atomic E-state index is 13.3. The fourth-order valence-electron chi connectivity index (χ4n) is 5.19. The summed E-state index contributed by atoms with van der Waals surface area (Å²) < 4.78 is 0. The first-order valence-electron chi connectivity index (χ1n) is 11.8. The van der Waals surface area contributed by atoms with E-state index in [2.05, 4.69) is 15.1 Å². The second-order valence-corrected chi connectivity index (χ2v) is 9.06. The number of piperidine rings is 1. The van der Waals surface area contributed by atoms with Gasteiger partial charge < -0.3 is 10.2 Å². The number of hydrogen-bond donors (Lipinski definition) is 1. The fraction of sp³-hybridized carbons (Fsp3) is 0.625. The molecule has 1 aromatic rings. The van der Waals surface area contributed by atoms with Gasteiger partial charge in [-0.1, -0.05) is 50.1 Å². The minimum absolute atomic E-state index is 0.0662. The van der Waals surface area contributed by atoms with Crippen LogP contribution in [0.3, 0.4) is 0 Å². The number of hydrogen-bond acceptors (Lipinski definition) is 4. The van der Waals surface area contributed by atoms with Crippen molar-refractivity contribution in [1.29, 1.82) is 0 Å². The SMILES string of the molecule is CC[C@@]1(c2ccccc2)NC(=O)N(CN2CCC(C(=O)N3CCCCCC3)CC2)C1=O. The lowest BCUT2D eigenvalue weighted by atomic mass is 9.87. The summed E-state index contributed by atoms with van der Waals surface area (Å²) in [4.78, 5) is 44.5. The van der Waals surface area contributed by atoms with Crippen LogP contribution in [0.5, 0.6) is 0 Å². The molecule has 0 unspecified atom stereocenters. The van der Waals surface area contributed by atoms with Crippen LogP contribution in [-0.4, -0.2) is 65.4 Å². The predicted octanol–water partition coefficient (Wildman–Crippen LogP) is 2.92. The Morgan fingerprint density at radius 2 is 1.65 bits per heavy atom. The number of carbonyl (C=O) groups excluding carboxylic acids is 3. The number of nitrogens with one attached hydrogen (secondary N) is 1. The molecule has 3 aliphatic heterocycles. The highest BCUT2D eigenvalue weighted by atomic mass is 16.2. The molecule has 0 bridgehead atoms. The summed E-state index contributed by atoms with van der Waals surface area (Å²) >= 11 is 0.